The van der Waals surface area contributed by atoms with Crippen LogP contribution in [0.5, 0.6) is 0 Å². The molecule has 5 N–H and O–H groups in total. The topological polar surface area (TPSA) is 131 Å². The second-order valence-electron chi connectivity index (χ2n) is 6.09. The van der Waals surface area contributed by atoms with Crippen LogP contribution in [0.3, 0.4) is 0 Å². The Morgan fingerprint density at radius 3 is 2.00 bits per heavy atom. The summed E-state index contributed by atoms with van der Waals surface area (Å²) < 4.78 is 5.03. The van der Waals surface area contributed by atoms with E-state index in [4.69, 9.17) is 10.5 Å². The zero-order valence-corrected chi connectivity index (χ0v) is 15.2. The summed E-state index contributed by atoms with van der Waals surface area (Å²) in [6.07, 6.45) is -0.671. The third kappa shape index (κ3) is 6.73. The van der Waals surface area contributed by atoms with E-state index in [-0.39, 0.29) is 13.0 Å². The molecule has 8 nitrogen and oxygen atoms in total. The zero-order valence-electron chi connectivity index (χ0n) is 15.2. The van der Waals surface area contributed by atoms with E-state index >= 15 is 0 Å². The van der Waals surface area contributed by atoms with Gasteiger partial charge in [0.1, 0.15) is 18.7 Å². The summed E-state index contributed by atoms with van der Waals surface area (Å²) in [5.41, 5.74) is 6.94. The summed E-state index contributed by atoms with van der Waals surface area (Å²) in [7, 11) is 0. The quantitative estimate of drug-likeness (QED) is 0.499. The number of primary amides is 1. The Bertz CT molecular complexity index is 783. The van der Waals surface area contributed by atoms with Gasteiger partial charge in [0.15, 0.2) is 0 Å². The van der Waals surface area contributed by atoms with Gasteiger partial charge < -0.3 is 26.2 Å². The minimum absolute atomic E-state index is 0.0182. The summed E-state index contributed by atoms with van der Waals surface area (Å²) >= 11 is 0. The van der Waals surface area contributed by atoms with E-state index in [2.05, 4.69) is 10.6 Å². The number of aliphatic hydroxyl groups excluding tert-OH is 1. The van der Waals surface area contributed by atoms with Crippen LogP contribution in [0.15, 0.2) is 60.7 Å². The van der Waals surface area contributed by atoms with Crippen molar-refractivity contribution in [3.63, 3.8) is 0 Å². The minimum Gasteiger partial charge on any atom is -0.445 e. The SMILES string of the molecule is NC(=O)[C@H](Cc1ccccc1)NC(=O)[C@@H](CO)NC(=O)OCc1ccccc1. The van der Waals surface area contributed by atoms with Crippen LogP contribution in [-0.4, -0.2) is 41.7 Å². The molecule has 2 aromatic carbocycles. The van der Waals surface area contributed by atoms with Crippen molar-refractivity contribution in [3.05, 3.63) is 71.8 Å². The Morgan fingerprint density at radius 2 is 1.46 bits per heavy atom. The largest absolute Gasteiger partial charge is 0.445 e. The van der Waals surface area contributed by atoms with Gasteiger partial charge in [0, 0.05) is 6.42 Å². The van der Waals surface area contributed by atoms with Crippen LogP contribution >= 0.6 is 0 Å². The molecular weight excluding hydrogens is 362 g/mol. The number of carbonyl (C=O) groups is 3. The number of hydrogen-bond acceptors (Lipinski definition) is 5. The fourth-order valence-electron chi connectivity index (χ4n) is 2.45. The van der Waals surface area contributed by atoms with Crippen molar-refractivity contribution < 1.29 is 24.2 Å². The first-order chi connectivity index (χ1) is 13.5. The molecule has 0 saturated carbocycles. The number of hydrogen-bond donors (Lipinski definition) is 4. The maximum atomic E-state index is 12.3. The van der Waals surface area contributed by atoms with Gasteiger partial charge in [-0.3, -0.25) is 9.59 Å². The Kier molecular flexibility index (Phi) is 7.98. The first-order valence-corrected chi connectivity index (χ1v) is 8.71. The maximum Gasteiger partial charge on any atom is 0.408 e. The van der Waals surface area contributed by atoms with Gasteiger partial charge in [0.2, 0.25) is 11.8 Å². The van der Waals surface area contributed by atoms with Crippen LogP contribution < -0.4 is 16.4 Å². The molecule has 2 atom stereocenters. The molecule has 0 aliphatic carbocycles. The molecular formula is C20H23N3O5. The molecule has 8 heteroatoms. The zero-order chi connectivity index (χ0) is 20.4. The highest BCUT2D eigenvalue weighted by atomic mass is 16.5. The maximum absolute atomic E-state index is 12.3. The van der Waals surface area contributed by atoms with E-state index in [1.165, 1.54) is 0 Å². The molecule has 0 bridgehead atoms. The summed E-state index contributed by atoms with van der Waals surface area (Å²) in [6, 6.07) is 15.8. The third-order valence-corrected chi connectivity index (χ3v) is 3.95. The fraction of sp³-hybridized carbons (Fsp3) is 0.250. The smallest absolute Gasteiger partial charge is 0.408 e. The van der Waals surface area contributed by atoms with E-state index in [9.17, 15) is 19.5 Å². The highest BCUT2D eigenvalue weighted by molar-refractivity contribution is 5.90. The second kappa shape index (κ2) is 10.7. The van der Waals surface area contributed by atoms with Gasteiger partial charge in [-0.15, -0.1) is 0 Å². The summed E-state index contributed by atoms with van der Waals surface area (Å²) in [6.45, 7) is -0.645. The normalized spacial score (nSPS) is 12.5. The molecule has 0 aliphatic heterocycles. The van der Waals surface area contributed by atoms with Gasteiger partial charge in [0.25, 0.3) is 0 Å². The van der Waals surface area contributed by atoms with Crippen LogP contribution in [0, 0.1) is 0 Å². The monoisotopic (exact) mass is 385 g/mol. The molecule has 3 amide bonds. The predicted octanol–water partition coefficient (Wildman–Crippen LogP) is 0.486. The van der Waals surface area contributed by atoms with Gasteiger partial charge in [0.05, 0.1) is 6.61 Å². The van der Waals surface area contributed by atoms with Gasteiger partial charge in [-0.25, -0.2) is 4.79 Å². The van der Waals surface area contributed by atoms with E-state index < -0.39 is 36.6 Å². The first-order valence-electron chi connectivity index (χ1n) is 8.71. The van der Waals surface area contributed by atoms with E-state index in [0.29, 0.717) is 0 Å². The first kappa shape index (κ1) is 20.9. The van der Waals surface area contributed by atoms with Gasteiger partial charge in [-0.1, -0.05) is 60.7 Å². The molecule has 0 saturated heterocycles. The van der Waals surface area contributed by atoms with Crippen molar-refractivity contribution in [3.8, 4) is 0 Å². The summed E-state index contributed by atoms with van der Waals surface area (Å²) in [4.78, 5) is 35.9. The van der Waals surface area contributed by atoms with Crippen LogP contribution in [0.25, 0.3) is 0 Å². The van der Waals surface area contributed by atoms with Crippen molar-refractivity contribution in [2.45, 2.75) is 25.1 Å². The number of carbonyl (C=O) groups excluding carboxylic acids is 3. The molecule has 0 spiro atoms. The highest BCUT2D eigenvalue weighted by Crippen LogP contribution is 2.04. The number of nitrogens with two attached hydrogens (primary N) is 1. The standard InChI is InChI=1S/C20H23N3O5/c21-18(25)16(11-14-7-3-1-4-8-14)22-19(26)17(12-24)23-20(27)28-13-15-9-5-2-6-10-15/h1-10,16-17,24H,11-13H2,(H2,21,25)(H,22,26)(H,23,27)/t16-,17+/m0/s1. The lowest BCUT2D eigenvalue weighted by molar-refractivity contribution is -0.129. The number of alkyl carbamates (subject to hydrolysis) is 1. The van der Waals surface area contributed by atoms with Crippen molar-refractivity contribution in [1.29, 1.82) is 0 Å². The molecule has 0 aliphatic rings. The summed E-state index contributed by atoms with van der Waals surface area (Å²) in [5, 5.41) is 14.1. The van der Waals surface area contributed by atoms with Gasteiger partial charge >= 0.3 is 6.09 Å². The van der Waals surface area contributed by atoms with Crippen molar-refractivity contribution in [2.75, 3.05) is 6.61 Å². The van der Waals surface area contributed by atoms with Gasteiger partial charge in [-0.05, 0) is 11.1 Å². The third-order valence-electron chi connectivity index (χ3n) is 3.95. The molecule has 0 heterocycles. The average Bonchev–Trinajstić information content (AvgIpc) is 2.71. The van der Waals surface area contributed by atoms with Gasteiger partial charge in [-0.2, -0.15) is 0 Å². The predicted molar refractivity (Wildman–Crippen MR) is 102 cm³/mol. The lowest BCUT2D eigenvalue weighted by Crippen LogP contribution is -2.54. The average molecular weight is 385 g/mol. The number of ether oxygens (including phenoxy) is 1. The Labute approximate surface area is 162 Å². The van der Waals surface area contributed by atoms with Crippen molar-refractivity contribution in [1.82, 2.24) is 10.6 Å². The van der Waals surface area contributed by atoms with Crippen molar-refractivity contribution in [2.24, 2.45) is 5.73 Å². The fourth-order valence-corrected chi connectivity index (χ4v) is 2.45. The molecule has 0 aromatic heterocycles. The molecule has 2 rings (SSSR count). The molecule has 0 unspecified atom stereocenters. The molecule has 28 heavy (non-hydrogen) atoms. The number of nitrogens with one attached hydrogen (secondary N) is 2. The molecule has 2 aromatic rings. The number of amides is 3. The Morgan fingerprint density at radius 1 is 0.893 bits per heavy atom. The molecule has 0 fully saturated rings. The number of rotatable bonds is 9. The molecule has 148 valence electrons. The lowest BCUT2D eigenvalue weighted by atomic mass is 10.1. The van der Waals surface area contributed by atoms with Crippen LogP contribution in [0.4, 0.5) is 4.79 Å². The highest BCUT2D eigenvalue weighted by Gasteiger charge is 2.25. The van der Waals surface area contributed by atoms with E-state index in [0.717, 1.165) is 11.1 Å². The van der Waals surface area contributed by atoms with Crippen LogP contribution in [0.2, 0.25) is 0 Å². The van der Waals surface area contributed by atoms with Crippen molar-refractivity contribution >= 4 is 17.9 Å². The molecule has 0 radical (unpaired) electrons. The number of benzene rings is 2. The van der Waals surface area contributed by atoms with E-state index in [1.807, 2.05) is 12.1 Å². The van der Waals surface area contributed by atoms with Crippen LogP contribution in [0.1, 0.15) is 11.1 Å². The van der Waals surface area contributed by atoms with E-state index in [1.54, 1.807) is 48.5 Å². The lowest BCUT2D eigenvalue weighted by Gasteiger charge is -2.20. The van der Waals surface area contributed by atoms with Crippen LogP contribution in [-0.2, 0) is 27.4 Å². The Hall–Kier alpha value is -3.39. The second-order valence-corrected chi connectivity index (χ2v) is 6.09. The summed E-state index contributed by atoms with van der Waals surface area (Å²) in [5.74, 6) is -1.46. The minimum atomic E-state index is -1.28. The Balaban J connectivity index is 1.89. The number of aliphatic hydroxyl groups is 1.